The number of nitrogens with zero attached hydrogens (tertiary/aromatic N) is 1. The van der Waals surface area contributed by atoms with Crippen molar-refractivity contribution in [2.24, 2.45) is 0 Å². The fourth-order valence-electron chi connectivity index (χ4n) is 2.35. The third kappa shape index (κ3) is 3.78. The van der Waals surface area contributed by atoms with Gasteiger partial charge in [0.05, 0.1) is 18.5 Å². The first-order valence-corrected chi connectivity index (χ1v) is 8.20. The highest BCUT2D eigenvalue weighted by Gasteiger charge is 2.15. The molecule has 5 nitrogen and oxygen atoms in total. The van der Waals surface area contributed by atoms with Crippen LogP contribution in [-0.4, -0.2) is 23.2 Å². The van der Waals surface area contributed by atoms with Crippen molar-refractivity contribution in [3.63, 3.8) is 0 Å². The molecule has 7 heteroatoms. The van der Waals surface area contributed by atoms with Crippen LogP contribution in [-0.2, 0) is 0 Å². The van der Waals surface area contributed by atoms with Crippen molar-refractivity contribution in [1.29, 1.82) is 0 Å². The van der Waals surface area contributed by atoms with E-state index in [0.29, 0.717) is 32.9 Å². The number of aromatic amines is 1. The lowest BCUT2D eigenvalue weighted by atomic mass is 10.1. The van der Waals surface area contributed by atoms with E-state index in [1.165, 1.54) is 7.11 Å². The van der Waals surface area contributed by atoms with Gasteiger partial charge in [-0.05, 0) is 36.8 Å². The number of aryl methyl sites for hydroxylation is 1. The van der Waals surface area contributed by atoms with Gasteiger partial charge in [0.1, 0.15) is 11.4 Å². The summed E-state index contributed by atoms with van der Waals surface area (Å²) in [5.41, 5.74) is 3.15. The van der Waals surface area contributed by atoms with E-state index in [-0.39, 0.29) is 5.91 Å². The third-order valence-electron chi connectivity index (χ3n) is 3.67. The summed E-state index contributed by atoms with van der Waals surface area (Å²) in [6.07, 6.45) is 0. The molecule has 0 saturated heterocycles. The third-order valence-corrected chi connectivity index (χ3v) is 4.31. The van der Waals surface area contributed by atoms with Crippen molar-refractivity contribution in [3.05, 3.63) is 63.8 Å². The van der Waals surface area contributed by atoms with Crippen LogP contribution in [0, 0.1) is 6.92 Å². The Morgan fingerprint density at radius 2 is 2.00 bits per heavy atom. The maximum Gasteiger partial charge on any atom is 0.273 e. The molecule has 0 atom stereocenters. The first-order chi connectivity index (χ1) is 12.0. The number of carbonyl (C=O) groups is 1. The molecule has 3 rings (SSSR count). The number of ether oxygens (including phenoxy) is 1. The van der Waals surface area contributed by atoms with Crippen molar-refractivity contribution in [2.75, 3.05) is 12.4 Å². The zero-order chi connectivity index (χ0) is 18.0. The molecule has 2 N–H and O–H groups in total. The normalized spacial score (nSPS) is 10.6. The van der Waals surface area contributed by atoms with Crippen molar-refractivity contribution < 1.29 is 9.53 Å². The van der Waals surface area contributed by atoms with E-state index in [0.717, 1.165) is 11.1 Å². The quantitative estimate of drug-likeness (QED) is 0.677. The predicted molar refractivity (Wildman–Crippen MR) is 99.7 cm³/mol. The van der Waals surface area contributed by atoms with Crippen molar-refractivity contribution >= 4 is 34.8 Å². The Balaban J connectivity index is 1.84. The second kappa shape index (κ2) is 7.17. The molecule has 0 spiro atoms. The molecule has 0 aliphatic heterocycles. The standard InChI is InChI=1S/C18H15Cl2N3O2/c1-10-6-15(17(25-2)8-13(10)20)21-18(24)16-9-14(22-23-16)11-4-3-5-12(19)7-11/h3-9H,1-2H3,(H,21,24)(H,22,23). The summed E-state index contributed by atoms with van der Waals surface area (Å²) in [6.45, 7) is 1.85. The number of H-pyrrole nitrogens is 1. The number of methoxy groups -OCH3 is 1. The Kier molecular flexibility index (Phi) is 4.97. The molecule has 1 aromatic heterocycles. The van der Waals surface area contributed by atoms with Gasteiger partial charge < -0.3 is 10.1 Å². The molecule has 0 bridgehead atoms. The molecule has 0 saturated carbocycles. The second-order valence-electron chi connectivity index (χ2n) is 5.43. The van der Waals surface area contributed by atoms with E-state index in [9.17, 15) is 4.79 Å². The average Bonchev–Trinajstić information content (AvgIpc) is 3.08. The SMILES string of the molecule is COc1cc(Cl)c(C)cc1NC(=O)c1cc(-c2cccc(Cl)c2)n[nH]1. The minimum absolute atomic E-state index is 0.324. The number of nitrogens with one attached hydrogen (secondary N) is 2. The molecular weight excluding hydrogens is 361 g/mol. The van der Waals surface area contributed by atoms with E-state index in [1.807, 2.05) is 19.1 Å². The zero-order valence-corrected chi connectivity index (χ0v) is 15.1. The first kappa shape index (κ1) is 17.3. The maximum atomic E-state index is 12.5. The number of carbonyl (C=O) groups excluding carboxylic acids is 1. The molecule has 1 heterocycles. The predicted octanol–water partition coefficient (Wildman–Crippen LogP) is 4.95. The van der Waals surface area contributed by atoms with Gasteiger partial charge in [-0.1, -0.05) is 35.3 Å². The number of aromatic nitrogens is 2. The van der Waals surface area contributed by atoms with Gasteiger partial charge >= 0.3 is 0 Å². The van der Waals surface area contributed by atoms with Crippen LogP contribution in [0.1, 0.15) is 16.1 Å². The van der Waals surface area contributed by atoms with Gasteiger partial charge in [-0.25, -0.2) is 0 Å². The summed E-state index contributed by atoms with van der Waals surface area (Å²) in [7, 11) is 1.52. The van der Waals surface area contributed by atoms with Crippen LogP contribution >= 0.6 is 23.2 Å². The Morgan fingerprint density at radius 1 is 1.20 bits per heavy atom. The Hall–Kier alpha value is -2.50. The summed E-state index contributed by atoms with van der Waals surface area (Å²) in [4.78, 5) is 12.5. The Bertz CT molecular complexity index is 938. The highest BCUT2D eigenvalue weighted by molar-refractivity contribution is 6.31. The van der Waals surface area contributed by atoms with Crippen molar-refractivity contribution in [2.45, 2.75) is 6.92 Å². The summed E-state index contributed by atoms with van der Waals surface area (Å²) in [5.74, 6) is 0.152. The van der Waals surface area contributed by atoms with E-state index < -0.39 is 0 Å². The molecule has 0 fully saturated rings. The number of rotatable bonds is 4. The molecule has 25 heavy (non-hydrogen) atoms. The Morgan fingerprint density at radius 3 is 2.72 bits per heavy atom. The highest BCUT2D eigenvalue weighted by Crippen LogP contribution is 2.31. The minimum Gasteiger partial charge on any atom is -0.495 e. The number of halogens is 2. The summed E-state index contributed by atoms with van der Waals surface area (Å²) < 4.78 is 5.27. The van der Waals surface area contributed by atoms with E-state index in [1.54, 1.807) is 30.3 Å². The van der Waals surface area contributed by atoms with Crippen LogP contribution in [0.2, 0.25) is 10.0 Å². The van der Waals surface area contributed by atoms with Crippen molar-refractivity contribution in [1.82, 2.24) is 10.2 Å². The summed E-state index contributed by atoms with van der Waals surface area (Å²) >= 11 is 12.1. The number of anilines is 1. The van der Waals surface area contributed by atoms with Crippen LogP contribution in [0.15, 0.2) is 42.5 Å². The molecule has 1 amide bonds. The fourth-order valence-corrected chi connectivity index (χ4v) is 2.70. The molecule has 2 aromatic carbocycles. The molecular formula is C18H15Cl2N3O2. The lowest BCUT2D eigenvalue weighted by Crippen LogP contribution is -2.13. The summed E-state index contributed by atoms with van der Waals surface area (Å²) in [5, 5.41) is 10.9. The zero-order valence-electron chi connectivity index (χ0n) is 13.6. The first-order valence-electron chi connectivity index (χ1n) is 7.45. The van der Waals surface area contributed by atoms with Gasteiger partial charge in [0.2, 0.25) is 0 Å². The lowest BCUT2D eigenvalue weighted by molar-refractivity contribution is 0.102. The molecule has 0 aliphatic rings. The van der Waals surface area contributed by atoms with Crippen LogP contribution in [0.5, 0.6) is 5.75 Å². The number of hydrogen-bond acceptors (Lipinski definition) is 3. The van der Waals surface area contributed by atoms with Crippen molar-refractivity contribution in [3.8, 4) is 17.0 Å². The van der Waals surface area contributed by atoms with E-state index in [4.69, 9.17) is 27.9 Å². The monoisotopic (exact) mass is 375 g/mol. The average molecular weight is 376 g/mol. The Labute approximate surface area is 154 Å². The fraction of sp³-hybridized carbons (Fsp3) is 0.111. The number of amides is 1. The number of hydrogen-bond donors (Lipinski definition) is 2. The van der Waals surface area contributed by atoms with Crippen LogP contribution < -0.4 is 10.1 Å². The molecule has 3 aromatic rings. The maximum absolute atomic E-state index is 12.5. The largest absolute Gasteiger partial charge is 0.495 e. The molecule has 128 valence electrons. The number of benzene rings is 2. The molecule has 0 unspecified atom stereocenters. The lowest BCUT2D eigenvalue weighted by Gasteiger charge is -2.11. The van der Waals surface area contributed by atoms with E-state index >= 15 is 0 Å². The van der Waals surface area contributed by atoms with Gasteiger partial charge in [-0.15, -0.1) is 0 Å². The van der Waals surface area contributed by atoms with Gasteiger partial charge in [0.25, 0.3) is 5.91 Å². The van der Waals surface area contributed by atoms with Crippen LogP contribution in [0.25, 0.3) is 11.3 Å². The van der Waals surface area contributed by atoms with Crippen LogP contribution in [0.3, 0.4) is 0 Å². The molecule has 0 aliphatic carbocycles. The van der Waals surface area contributed by atoms with E-state index in [2.05, 4.69) is 15.5 Å². The smallest absolute Gasteiger partial charge is 0.273 e. The van der Waals surface area contributed by atoms with Gasteiger partial charge in [0.15, 0.2) is 0 Å². The summed E-state index contributed by atoms with van der Waals surface area (Å²) in [6, 6.07) is 12.3. The minimum atomic E-state index is -0.333. The highest BCUT2D eigenvalue weighted by atomic mass is 35.5. The van der Waals surface area contributed by atoms with Gasteiger partial charge in [0, 0.05) is 21.7 Å². The molecule has 0 radical (unpaired) electrons. The topological polar surface area (TPSA) is 67.0 Å². The van der Waals surface area contributed by atoms with Gasteiger partial charge in [-0.2, -0.15) is 5.10 Å². The van der Waals surface area contributed by atoms with Gasteiger partial charge in [-0.3, -0.25) is 9.89 Å². The van der Waals surface area contributed by atoms with Crippen LogP contribution in [0.4, 0.5) is 5.69 Å². The second-order valence-corrected chi connectivity index (χ2v) is 6.28.